The minimum Gasteiger partial charge on any atom is -0.496 e. The van der Waals surface area contributed by atoms with E-state index in [1.807, 2.05) is 0 Å². The number of benzene rings is 2. The van der Waals surface area contributed by atoms with Gasteiger partial charge >= 0.3 is 6.18 Å². The molecule has 2 aromatic carbocycles. The molecule has 0 aromatic heterocycles. The lowest BCUT2D eigenvalue weighted by Gasteiger charge is -2.15. The molecule has 0 radical (unpaired) electrons. The number of anilines is 1. The summed E-state index contributed by atoms with van der Waals surface area (Å²) in [6, 6.07) is 5.43. The van der Waals surface area contributed by atoms with E-state index < -0.39 is 17.6 Å². The summed E-state index contributed by atoms with van der Waals surface area (Å²) in [7, 11) is 4.14. The largest absolute Gasteiger partial charge is 0.496 e. The molecular formula is C17H15ClF3NO4. The van der Waals surface area contributed by atoms with Gasteiger partial charge < -0.3 is 19.5 Å². The first-order chi connectivity index (χ1) is 12.2. The number of hydrogen-bond acceptors (Lipinski definition) is 4. The van der Waals surface area contributed by atoms with Crippen LogP contribution in [0.1, 0.15) is 15.9 Å². The lowest BCUT2D eigenvalue weighted by molar-refractivity contribution is -0.137. The maximum atomic E-state index is 12.9. The highest BCUT2D eigenvalue weighted by molar-refractivity contribution is 6.34. The minimum absolute atomic E-state index is 0.0363. The molecule has 1 amide bonds. The van der Waals surface area contributed by atoms with E-state index >= 15 is 0 Å². The Morgan fingerprint density at radius 3 is 2.08 bits per heavy atom. The highest BCUT2D eigenvalue weighted by atomic mass is 35.5. The van der Waals surface area contributed by atoms with Gasteiger partial charge in [0.05, 0.1) is 43.2 Å². The van der Waals surface area contributed by atoms with Crippen molar-refractivity contribution in [3.8, 4) is 17.2 Å². The van der Waals surface area contributed by atoms with Gasteiger partial charge in [0.15, 0.2) is 11.5 Å². The van der Waals surface area contributed by atoms with Crippen LogP contribution in [0.3, 0.4) is 0 Å². The summed E-state index contributed by atoms with van der Waals surface area (Å²) >= 11 is 5.90. The number of nitrogens with one attached hydrogen (secondary N) is 1. The van der Waals surface area contributed by atoms with Gasteiger partial charge in [-0.15, -0.1) is 0 Å². The van der Waals surface area contributed by atoms with Crippen LogP contribution in [0.2, 0.25) is 5.02 Å². The number of halogens is 4. The van der Waals surface area contributed by atoms with Crippen molar-refractivity contribution in [3.05, 3.63) is 46.5 Å². The number of amides is 1. The molecule has 140 valence electrons. The maximum absolute atomic E-state index is 12.9. The van der Waals surface area contributed by atoms with Gasteiger partial charge in [-0.05, 0) is 18.2 Å². The molecule has 0 aliphatic carbocycles. The Hall–Kier alpha value is -2.61. The summed E-state index contributed by atoms with van der Waals surface area (Å²) in [6.07, 6.45) is -4.56. The van der Waals surface area contributed by atoms with Gasteiger partial charge in [0.2, 0.25) is 0 Å². The zero-order valence-electron chi connectivity index (χ0n) is 14.0. The van der Waals surface area contributed by atoms with Crippen LogP contribution in [0.25, 0.3) is 0 Å². The van der Waals surface area contributed by atoms with Gasteiger partial charge in [-0.25, -0.2) is 0 Å². The van der Waals surface area contributed by atoms with Gasteiger partial charge in [0.25, 0.3) is 5.91 Å². The third-order valence-electron chi connectivity index (χ3n) is 3.49. The summed E-state index contributed by atoms with van der Waals surface area (Å²) < 4.78 is 54.0. The van der Waals surface area contributed by atoms with Crippen molar-refractivity contribution in [3.63, 3.8) is 0 Å². The SMILES string of the molecule is COc1cc(OC)c(C(=O)Nc2cc(C(F)(F)F)ccc2Cl)cc1OC. The number of carbonyl (C=O) groups is 1. The van der Waals surface area contributed by atoms with E-state index in [2.05, 4.69) is 5.32 Å². The van der Waals surface area contributed by atoms with Crippen LogP contribution in [-0.2, 0) is 6.18 Å². The second kappa shape index (κ2) is 7.74. The molecule has 0 unspecified atom stereocenters. The van der Waals surface area contributed by atoms with E-state index in [4.69, 9.17) is 25.8 Å². The summed E-state index contributed by atoms with van der Waals surface area (Å²) in [6.45, 7) is 0. The molecule has 26 heavy (non-hydrogen) atoms. The van der Waals surface area contributed by atoms with E-state index in [-0.39, 0.29) is 27.8 Å². The molecular weight excluding hydrogens is 375 g/mol. The highest BCUT2D eigenvalue weighted by Gasteiger charge is 2.31. The van der Waals surface area contributed by atoms with Gasteiger partial charge in [-0.3, -0.25) is 4.79 Å². The van der Waals surface area contributed by atoms with E-state index in [1.54, 1.807) is 0 Å². The number of alkyl halides is 3. The summed E-state index contributed by atoms with van der Waals surface area (Å²) in [5.41, 5.74) is -1.07. The Balaban J connectivity index is 2.42. The van der Waals surface area contributed by atoms with E-state index in [1.165, 1.54) is 33.5 Å². The van der Waals surface area contributed by atoms with Crippen LogP contribution in [-0.4, -0.2) is 27.2 Å². The van der Waals surface area contributed by atoms with Gasteiger partial charge in [0, 0.05) is 12.1 Å². The first kappa shape index (κ1) is 19.7. The zero-order valence-corrected chi connectivity index (χ0v) is 14.8. The number of hydrogen-bond donors (Lipinski definition) is 1. The van der Waals surface area contributed by atoms with Crippen molar-refractivity contribution >= 4 is 23.2 Å². The highest BCUT2D eigenvalue weighted by Crippen LogP contribution is 2.37. The van der Waals surface area contributed by atoms with Gasteiger partial charge in [0.1, 0.15) is 5.75 Å². The smallest absolute Gasteiger partial charge is 0.416 e. The number of ether oxygens (including phenoxy) is 3. The molecule has 0 bridgehead atoms. The average Bonchev–Trinajstić information content (AvgIpc) is 2.61. The van der Waals surface area contributed by atoms with E-state index in [9.17, 15) is 18.0 Å². The van der Waals surface area contributed by atoms with Crippen LogP contribution in [0.4, 0.5) is 18.9 Å². The molecule has 0 aliphatic heterocycles. The molecule has 0 fully saturated rings. The summed E-state index contributed by atoms with van der Waals surface area (Å²) in [4.78, 5) is 12.5. The lowest BCUT2D eigenvalue weighted by Crippen LogP contribution is -2.15. The van der Waals surface area contributed by atoms with Crippen molar-refractivity contribution in [2.24, 2.45) is 0 Å². The number of methoxy groups -OCH3 is 3. The third kappa shape index (κ3) is 4.13. The molecule has 9 heteroatoms. The maximum Gasteiger partial charge on any atom is 0.416 e. The van der Waals surface area contributed by atoms with Crippen molar-refractivity contribution in [1.82, 2.24) is 0 Å². The van der Waals surface area contributed by atoms with E-state index in [0.717, 1.165) is 18.2 Å². The summed E-state index contributed by atoms with van der Waals surface area (Å²) in [5.74, 6) is 0.0267. The van der Waals surface area contributed by atoms with Crippen molar-refractivity contribution in [1.29, 1.82) is 0 Å². The Morgan fingerprint density at radius 2 is 1.54 bits per heavy atom. The monoisotopic (exact) mass is 389 g/mol. The molecule has 2 rings (SSSR count). The third-order valence-corrected chi connectivity index (χ3v) is 3.82. The predicted octanol–water partition coefficient (Wildman–Crippen LogP) is 4.64. The molecule has 0 spiro atoms. The Bertz CT molecular complexity index is 824. The molecule has 5 nitrogen and oxygen atoms in total. The fourth-order valence-electron chi connectivity index (χ4n) is 2.19. The average molecular weight is 390 g/mol. The summed E-state index contributed by atoms with van der Waals surface area (Å²) in [5, 5.41) is 2.32. The first-order valence-electron chi connectivity index (χ1n) is 7.19. The number of rotatable bonds is 5. The number of carbonyl (C=O) groups excluding carboxylic acids is 1. The zero-order chi connectivity index (χ0) is 19.5. The fourth-order valence-corrected chi connectivity index (χ4v) is 2.36. The van der Waals surface area contributed by atoms with Crippen molar-refractivity contribution in [2.75, 3.05) is 26.6 Å². The second-order valence-corrected chi connectivity index (χ2v) is 5.46. The predicted molar refractivity (Wildman–Crippen MR) is 90.5 cm³/mol. The molecule has 0 heterocycles. The second-order valence-electron chi connectivity index (χ2n) is 5.05. The first-order valence-corrected chi connectivity index (χ1v) is 7.57. The van der Waals surface area contributed by atoms with Crippen molar-refractivity contribution < 1.29 is 32.2 Å². The Morgan fingerprint density at radius 1 is 0.962 bits per heavy atom. The van der Waals surface area contributed by atoms with E-state index in [0.29, 0.717) is 5.75 Å². The molecule has 0 atom stereocenters. The Labute approximate surface area is 152 Å². The molecule has 0 saturated carbocycles. The van der Waals surface area contributed by atoms with Crippen LogP contribution < -0.4 is 19.5 Å². The molecule has 2 aromatic rings. The van der Waals surface area contributed by atoms with Gasteiger partial charge in [-0.1, -0.05) is 11.6 Å². The quantitative estimate of drug-likeness (QED) is 0.809. The minimum atomic E-state index is -4.56. The molecule has 1 N–H and O–H groups in total. The van der Waals surface area contributed by atoms with Crippen molar-refractivity contribution in [2.45, 2.75) is 6.18 Å². The fraction of sp³-hybridized carbons (Fsp3) is 0.235. The van der Waals surface area contributed by atoms with Gasteiger partial charge in [-0.2, -0.15) is 13.2 Å². The molecule has 0 saturated heterocycles. The topological polar surface area (TPSA) is 56.8 Å². The Kier molecular flexibility index (Phi) is 5.86. The normalized spacial score (nSPS) is 11.0. The van der Waals surface area contributed by atoms with Crippen LogP contribution in [0.15, 0.2) is 30.3 Å². The van der Waals surface area contributed by atoms with Crippen LogP contribution >= 0.6 is 11.6 Å². The lowest BCUT2D eigenvalue weighted by atomic mass is 10.1. The van der Waals surface area contributed by atoms with Crippen LogP contribution in [0, 0.1) is 0 Å². The standard InChI is InChI=1S/C17H15ClF3NO4/c1-24-13-8-15(26-3)14(25-2)7-10(13)16(23)22-12-6-9(17(19,20)21)4-5-11(12)18/h4-8H,1-3H3,(H,22,23). The van der Waals surface area contributed by atoms with Crippen LogP contribution in [0.5, 0.6) is 17.2 Å². The molecule has 0 aliphatic rings.